The Morgan fingerprint density at radius 3 is 2.80 bits per heavy atom. The third-order valence-corrected chi connectivity index (χ3v) is 4.14. The van der Waals surface area contributed by atoms with E-state index in [-0.39, 0.29) is 12.1 Å². The number of aliphatic hydroxyl groups is 1. The van der Waals surface area contributed by atoms with Crippen LogP contribution in [0, 0.1) is 12.7 Å². The summed E-state index contributed by atoms with van der Waals surface area (Å²) in [6, 6.07) is 8.06. The third-order valence-electron chi connectivity index (χ3n) is 3.01. The molecule has 0 aliphatic carbocycles. The average molecular weight is 293 g/mol. The molecule has 2 aromatic rings. The van der Waals surface area contributed by atoms with Gasteiger partial charge in [-0.3, -0.25) is 4.79 Å². The Kier molecular flexibility index (Phi) is 4.20. The van der Waals surface area contributed by atoms with Gasteiger partial charge in [-0.15, -0.1) is 11.3 Å². The summed E-state index contributed by atoms with van der Waals surface area (Å²) < 4.78 is 13.7. The summed E-state index contributed by atoms with van der Waals surface area (Å²) >= 11 is 1.41. The first-order valence-electron chi connectivity index (χ1n) is 6.21. The van der Waals surface area contributed by atoms with E-state index in [4.69, 9.17) is 0 Å². The molecule has 1 atom stereocenters. The molecule has 1 unspecified atom stereocenters. The Morgan fingerprint density at radius 1 is 1.45 bits per heavy atom. The molecular formula is C15H16FNO2S. The van der Waals surface area contributed by atoms with Crippen LogP contribution >= 0.6 is 11.3 Å². The largest absolute Gasteiger partial charge is 0.383 e. The number of benzene rings is 1. The van der Waals surface area contributed by atoms with Crippen molar-refractivity contribution in [3.05, 3.63) is 57.5 Å². The minimum absolute atomic E-state index is 0.0161. The van der Waals surface area contributed by atoms with Crippen LogP contribution in [0.5, 0.6) is 0 Å². The summed E-state index contributed by atoms with van der Waals surface area (Å²) in [6.07, 6.45) is 0. The lowest BCUT2D eigenvalue weighted by Crippen LogP contribution is -2.38. The van der Waals surface area contributed by atoms with Crippen molar-refractivity contribution in [1.82, 2.24) is 5.32 Å². The standard InChI is InChI=1S/C15H16FNO2S/c1-10-5-6-11(12(16)8-10)14(18)17-9-15(2,19)13-4-3-7-20-13/h3-8,19H,9H2,1-2H3,(H,17,18). The van der Waals surface area contributed by atoms with Gasteiger partial charge in [-0.05, 0) is 43.0 Å². The zero-order chi connectivity index (χ0) is 14.8. The molecule has 3 nitrogen and oxygen atoms in total. The van der Waals surface area contributed by atoms with Crippen molar-refractivity contribution >= 4 is 17.2 Å². The molecular weight excluding hydrogens is 277 g/mol. The molecule has 0 saturated heterocycles. The Hall–Kier alpha value is -1.72. The predicted octanol–water partition coefficient (Wildman–Crippen LogP) is 2.83. The molecule has 1 amide bonds. The number of amides is 1. The lowest BCUT2D eigenvalue weighted by atomic mass is 10.0. The molecule has 20 heavy (non-hydrogen) atoms. The Morgan fingerprint density at radius 2 is 2.20 bits per heavy atom. The van der Waals surface area contributed by atoms with Crippen LogP contribution in [0.25, 0.3) is 0 Å². The number of thiophene rings is 1. The number of rotatable bonds is 4. The molecule has 106 valence electrons. The molecule has 2 N–H and O–H groups in total. The molecule has 1 aromatic carbocycles. The number of aryl methyl sites for hydroxylation is 1. The molecule has 0 radical (unpaired) electrons. The van der Waals surface area contributed by atoms with Crippen molar-refractivity contribution in [3.8, 4) is 0 Å². The van der Waals surface area contributed by atoms with Crippen molar-refractivity contribution in [3.63, 3.8) is 0 Å². The quantitative estimate of drug-likeness (QED) is 0.910. The van der Waals surface area contributed by atoms with Crippen molar-refractivity contribution in [2.24, 2.45) is 0 Å². The summed E-state index contributed by atoms with van der Waals surface area (Å²) in [5, 5.41) is 14.7. The van der Waals surface area contributed by atoms with Crippen LogP contribution in [0.2, 0.25) is 0 Å². The molecule has 1 aromatic heterocycles. The number of hydrogen-bond donors (Lipinski definition) is 2. The van der Waals surface area contributed by atoms with Gasteiger partial charge in [0.15, 0.2) is 0 Å². The van der Waals surface area contributed by atoms with Gasteiger partial charge >= 0.3 is 0 Å². The molecule has 0 bridgehead atoms. The highest BCUT2D eigenvalue weighted by Crippen LogP contribution is 2.24. The maximum atomic E-state index is 13.7. The zero-order valence-corrected chi connectivity index (χ0v) is 12.1. The third kappa shape index (κ3) is 3.23. The monoisotopic (exact) mass is 293 g/mol. The normalized spacial score (nSPS) is 13.8. The van der Waals surface area contributed by atoms with Crippen LogP contribution in [0.3, 0.4) is 0 Å². The maximum absolute atomic E-state index is 13.7. The van der Waals surface area contributed by atoms with Gasteiger partial charge in [0.2, 0.25) is 0 Å². The fourth-order valence-electron chi connectivity index (χ4n) is 1.82. The van der Waals surface area contributed by atoms with Crippen LogP contribution in [-0.2, 0) is 5.60 Å². The van der Waals surface area contributed by atoms with E-state index in [0.29, 0.717) is 0 Å². The lowest BCUT2D eigenvalue weighted by Gasteiger charge is -2.22. The summed E-state index contributed by atoms with van der Waals surface area (Å²) in [4.78, 5) is 12.7. The number of hydrogen-bond acceptors (Lipinski definition) is 3. The summed E-state index contributed by atoms with van der Waals surface area (Å²) in [5.74, 6) is -1.09. The van der Waals surface area contributed by atoms with Gasteiger partial charge in [-0.1, -0.05) is 12.1 Å². The molecule has 1 heterocycles. The van der Waals surface area contributed by atoms with E-state index in [0.717, 1.165) is 10.4 Å². The molecule has 5 heteroatoms. The first kappa shape index (κ1) is 14.7. The average Bonchev–Trinajstić information content (AvgIpc) is 2.90. The van der Waals surface area contributed by atoms with E-state index in [9.17, 15) is 14.3 Å². The second-order valence-electron chi connectivity index (χ2n) is 4.92. The molecule has 2 rings (SSSR count). The minimum atomic E-state index is -1.16. The van der Waals surface area contributed by atoms with Crippen molar-refractivity contribution in [1.29, 1.82) is 0 Å². The van der Waals surface area contributed by atoms with E-state index in [1.807, 2.05) is 11.4 Å². The molecule has 0 aliphatic rings. The summed E-state index contributed by atoms with van der Waals surface area (Å²) in [5.41, 5.74) is -0.424. The van der Waals surface area contributed by atoms with Crippen molar-refractivity contribution in [2.45, 2.75) is 19.4 Å². The summed E-state index contributed by atoms with van der Waals surface area (Å²) in [7, 11) is 0. The Bertz CT molecular complexity index is 608. The number of carbonyl (C=O) groups is 1. The lowest BCUT2D eigenvalue weighted by molar-refractivity contribution is 0.0555. The maximum Gasteiger partial charge on any atom is 0.254 e. The fraction of sp³-hybridized carbons (Fsp3) is 0.267. The van der Waals surface area contributed by atoms with Crippen LogP contribution in [0.1, 0.15) is 27.7 Å². The first-order valence-corrected chi connectivity index (χ1v) is 7.09. The van der Waals surface area contributed by atoms with E-state index in [2.05, 4.69) is 5.32 Å². The van der Waals surface area contributed by atoms with Gasteiger partial charge in [-0.2, -0.15) is 0 Å². The first-order chi connectivity index (χ1) is 9.40. The zero-order valence-electron chi connectivity index (χ0n) is 11.3. The van der Waals surface area contributed by atoms with Crippen LogP contribution in [-0.4, -0.2) is 17.6 Å². The molecule has 0 fully saturated rings. The van der Waals surface area contributed by atoms with Gasteiger partial charge < -0.3 is 10.4 Å². The smallest absolute Gasteiger partial charge is 0.254 e. The van der Waals surface area contributed by atoms with Gasteiger partial charge in [0.1, 0.15) is 11.4 Å². The highest BCUT2D eigenvalue weighted by molar-refractivity contribution is 7.10. The van der Waals surface area contributed by atoms with Gasteiger partial charge in [-0.25, -0.2) is 4.39 Å². The van der Waals surface area contributed by atoms with E-state index in [1.54, 1.807) is 26.0 Å². The SMILES string of the molecule is Cc1ccc(C(=O)NCC(C)(O)c2cccs2)c(F)c1. The second-order valence-corrected chi connectivity index (χ2v) is 5.86. The fourth-order valence-corrected chi connectivity index (χ4v) is 2.61. The Balaban J connectivity index is 2.05. The van der Waals surface area contributed by atoms with Crippen molar-refractivity contribution in [2.75, 3.05) is 6.54 Å². The van der Waals surface area contributed by atoms with Gasteiger partial charge in [0, 0.05) is 4.88 Å². The number of nitrogens with one attached hydrogen (secondary N) is 1. The van der Waals surface area contributed by atoms with Crippen LogP contribution in [0.4, 0.5) is 4.39 Å². The second kappa shape index (κ2) is 5.73. The van der Waals surface area contributed by atoms with E-state index in [1.165, 1.54) is 23.5 Å². The van der Waals surface area contributed by atoms with Crippen LogP contribution < -0.4 is 5.32 Å². The minimum Gasteiger partial charge on any atom is -0.383 e. The highest BCUT2D eigenvalue weighted by Gasteiger charge is 2.25. The van der Waals surface area contributed by atoms with Gasteiger partial charge in [0.25, 0.3) is 5.91 Å². The topological polar surface area (TPSA) is 49.3 Å². The number of halogens is 1. The summed E-state index contributed by atoms with van der Waals surface area (Å²) in [6.45, 7) is 3.40. The predicted molar refractivity (Wildman–Crippen MR) is 77.4 cm³/mol. The molecule has 0 aliphatic heterocycles. The van der Waals surface area contributed by atoms with E-state index >= 15 is 0 Å². The molecule has 0 spiro atoms. The van der Waals surface area contributed by atoms with Crippen molar-refractivity contribution < 1.29 is 14.3 Å². The van der Waals surface area contributed by atoms with Gasteiger partial charge in [0.05, 0.1) is 12.1 Å². The number of carbonyl (C=O) groups excluding carboxylic acids is 1. The van der Waals surface area contributed by atoms with Crippen LogP contribution in [0.15, 0.2) is 35.7 Å². The highest BCUT2D eigenvalue weighted by atomic mass is 32.1. The molecule has 0 saturated carbocycles. The Labute approximate surface area is 121 Å². The van der Waals surface area contributed by atoms with E-state index < -0.39 is 17.3 Å².